The molecule has 0 aliphatic heterocycles. The van der Waals surface area contributed by atoms with Crippen molar-refractivity contribution in [2.45, 2.75) is 0 Å². The van der Waals surface area contributed by atoms with Gasteiger partial charge in [-0.05, 0) is 70.8 Å². The minimum Gasteiger partial charge on any atom is -0.456 e. The lowest BCUT2D eigenvalue weighted by Crippen LogP contribution is -2.04. The Labute approximate surface area is 350 Å². The quantitative estimate of drug-likeness (QED) is 0.175. The van der Waals surface area contributed by atoms with Crippen LogP contribution >= 0.6 is 0 Å². The highest BCUT2D eigenvalue weighted by Gasteiger charge is 2.25. The van der Waals surface area contributed by atoms with E-state index in [2.05, 4.69) is 203 Å². The molecule has 0 radical (unpaired) electrons. The van der Waals surface area contributed by atoms with Crippen LogP contribution in [0.5, 0.6) is 0 Å². The number of hydrogen-bond acceptors (Lipinski definition) is 3. The third kappa shape index (κ3) is 5.08. The molecule has 0 unspecified atom stereocenters. The van der Waals surface area contributed by atoms with E-state index < -0.39 is 0 Å². The van der Waals surface area contributed by atoms with E-state index in [1.165, 1.54) is 16.7 Å². The van der Waals surface area contributed by atoms with E-state index in [4.69, 9.17) is 14.4 Å². The fourth-order valence-corrected chi connectivity index (χ4v) is 9.60. The molecule has 4 heterocycles. The highest BCUT2D eigenvalue weighted by Crippen LogP contribution is 2.45. The zero-order valence-electron chi connectivity index (χ0n) is 32.8. The molecule has 0 aliphatic carbocycles. The van der Waals surface area contributed by atoms with Crippen molar-refractivity contribution in [2.24, 2.45) is 0 Å². The average molecular weight is 779 g/mol. The van der Waals surface area contributed by atoms with Gasteiger partial charge in [0.25, 0.3) is 0 Å². The molecule has 5 nitrogen and oxygen atoms in total. The first-order valence-corrected chi connectivity index (χ1v) is 20.7. The molecule has 0 fully saturated rings. The molecule has 13 aromatic rings. The summed E-state index contributed by atoms with van der Waals surface area (Å²) in [5.41, 5.74) is 14.6. The van der Waals surface area contributed by atoms with Crippen molar-refractivity contribution in [3.05, 3.63) is 206 Å². The van der Waals surface area contributed by atoms with Gasteiger partial charge in [-0.1, -0.05) is 158 Å². The first-order valence-electron chi connectivity index (χ1n) is 20.7. The van der Waals surface area contributed by atoms with Crippen LogP contribution in [0.1, 0.15) is 0 Å². The summed E-state index contributed by atoms with van der Waals surface area (Å²) in [5.74, 6) is 0.607. The second-order valence-electron chi connectivity index (χ2n) is 15.7. The van der Waals surface area contributed by atoms with E-state index in [1.54, 1.807) is 0 Å². The van der Waals surface area contributed by atoms with Crippen molar-refractivity contribution in [3.63, 3.8) is 0 Å². The van der Waals surface area contributed by atoms with Crippen LogP contribution in [-0.4, -0.2) is 19.1 Å². The number of rotatable bonds is 5. The lowest BCUT2D eigenvalue weighted by Gasteiger charge is -2.13. The normalized spacial score (nSPS) is 11.9. The van der Waals surface area contributed by atoms with Gasteiger partial charge in [0.1, 0.15) is 11.2 Å². The number of hydrogen-bond donors (Lipinski definition) is 0. The van der Waals surface area contributed by atoms with Crippen LogP contribution < -0.4 is 0 Å². The molecule has 0 aliphatic rings. The van der Waals surface area contributed by atoms with E-state index in [0.717, 1.165) is 99.0 Å². The molecule has 9 aromatic carbocycles. The Morgan fingerprint density at radius 1 is 0.328 bits per heavy atom. The molecule has 4 aromatic heterocycles. The highest BCUT2D eigenvalue weighted by atomic mass is 16.3. The standard InChI is InChI=1S/C56H34N4O/c1-3-13-35(14-4-1)37-23-25-39(26-24-37)53-43-17-7-10-20-46(43)57-56(58-53)60-54-41(42-32-34-50-52(55(42)60)45-19-9-12-22-49(45)61-50)31-33-48-51(54)44-18-8-11-21-47(44)59(48)40-29-27-38(28-30-40)36-15-5-2-6-16-36/h1-34H. The number of para-hydroxylation sites is 3. The van der Waals surface area contributed by atoms with Crippen molar-refractivity contribution in [2.75, 3.05) is 0 Å². The molecule has 0 saturated carbocycles. The fraction of sp³-hybridized carbons (Fsp3) is 0. The van der Waals surface area contributed by atoms with Crippen LogP contribution in [-0.2, 0) is 0 Å². The Morgan fingerprint density at radius 3 is 1.62 bits per heavy atom. The maximum atomic E-state index is 6.56. The van der Waals surface area contributed by atoms with Gasteiger partial charge in [0.15, 0.2) is 0 Å². The van der Waals surface area contributed by atoms with Gasteiger partial charge in [-0.2, -0.15) is 0 Å². The fourth-order valence-electron chi connectivity index (χ4n) is 9.60. The largest absolute Gasteiger partial charge is 0.456 e. The minimum absolute atomic E-state index is 0.607. The minimum atomic E-state index is 0.607. The molecular weight excluding hydrogens is 745 g/mol. The van der Waals surface area contributed by atoms with Crippen molar-refractivity contribution in [1.29, 1.82) is 0 Å². The number of benzene rings is 9. The first-order chi connectivity index (χ1) is 30.3. The Hall–Kier alpha value is -8.28. The van der Waals surface area contributed by atoms with Gasteiger partial charge in [0.05, 0.1) is 38.7 Å². The molecule has 0 bridgehead atoms. The summed E-state index contributed by atoms with van der Waals surface area (Å²) >= 11 is 0. The van der Waals surface area contributed by atoms with Gasteiger partial charge in [0.2, 0.25) is 5.95 Å². The molecule has 0 N–H and O–H groups in total. The van der Waals surface area contributed by atoms with Gasteiger partial charge in [-0.25, -0.2) is 9.97 Å². The molecule has 13 rings (SSSR count). The lowest BCUT2D eigenvalue weighted by molar-refractivity contribution is 0.669. The third-order valence-corrected chi connectivity index (χ3v) is 12.4. The summed E-state index contributed by atoms with van der Waals surface area (Å²) in [6.07, 6.45) is 0. The number of nitrogens with zero attached hydrogens (tertiary/aromatic N) is 4. The zero-order valence-corrected chi connectivity index (χ0v) is 32.8. The summed E-state index contributed by atoms with van der Waals surface area (Å²) in [6.45, 7) is 0. The van der Waals surface area contributed by atoms with Gasteiger partial charge in [-0.15, -0.1) is 0 Å². The Balaban J connectivity index is 1.14. The van der Waals surface area contributed by atoms with Crippen molar-refractivity contribution < 1.29 is 4.42 Å². The molecule has 5 heteroatoms. The topological polar surface area (TPSA) is 48.8 Å². The second-order valence-corrected chi connectivity index (χ2v) is 15.7. The second kappa shape index (κ2) is 13.1. The third-order valence-electron chi connectivity index (χ3n) is 12.4. The molecule has 0 atom stereocenters. The van der Waals surface area contributed by atoms with Crippen LogP contribution in [0.25, 0.3) is 122 Å². The zero-order chi connectivity index (χ0) is 40.0. The molecule has 0 amide bonds. The van der Waals surface area contributed by atoms with Crippen LogP contribution in [0.2, 0.25) is 0 Å². The Kier molecular flexibility index (Phi) is 7.24. The monoisotopic (exact) mass is 778 g/mol. The SMILES string of the molecule is c1ccc(-c2ccc(-c3nc(-n4c5c(ccc6oc7ccccc7c65)c5ccc6c(c7ccccc7n6-c6ccc(-c7ccccc7)cc6)c54)nc4ccccc34)cc2)cc1. The van der Waals surface area contributed by atoms with Crippen molar-refractivity contribution in [1.82, 2.24) is 19.1 Å². The predicted molar refractivity (Wildman–Crippen MR) is 252 cm³/mol. The smallest absolute Gasteiger partial charge is 0.235 e. The average Bonchev–Trinajstić information content (AvgIpc) is 3.99. The van der Waals surface area contributed by atoms with E-state index >= 15 is 0 Å². The van der Waals surface area contributed by atoms with Crippen LogP contribution in [0.4, 0.5) is 0 Å². The molecule has 284 valence electrons. The number of aromatic nitrogens is 4. The van der Waals surface area contributed by atoms with Gasteiger partial charge < -0.3 is 8.98 Å². The van der Waals surface area contributed by atoms with Gasteiger partial charge in [0, 0.05) is 43.6 Å². The number of fused-ring (bicyclic) bond motifs is 12. The summed E-state index contributed by atoms with van der Waals surface area (Å²) in [5, 5.41) is 7.64. The van der Waals surface area contributed by atoms with Gasteiger partial charge >= 0.3 is 0 Å². The molecule has 61 heavy (non-hydrogen) atoms. The van der Waals surface area contributed by atoms with Crippen LogP contribution in [0.15, 0.2) is 211 Å². The van der Waals surface area contributed by atoms with E-state index in [-0.39, 0.29) is 0 Å². The summed E-state index contributed by atoms with van der Waals surface area (Å²) in [7, 11) is 0. The number of furan rings is 1. The molecule has 0 spiro atoms. The first kappa shape index (κ1) is 33.7. The van der Waals surface area contributed by atoms with Crippen LogP contribution in [0, 0.1) is 0 Å². The van der Waals surface area contributed by atoms with Crippen molar-refractivity contribution in [3.8, 4) is 45.1 Å². The predicted octanol–water partition coefficient (Wildman–Crippen LogP) is 14.7. The lowest BCUT2D eigenvalue weighted by atomic mass is 10.0. The van der Waals surface area contributed by atoms with Crippen molar-refractivity contribution >= 4 is 76.5 Å². The summed E-state index contributed by atoms with van der Waals surface area (Å²) < 4.78 is 11.3. The summed E-state index contributed by atoms with van der Waals surface area (Å²) in [4.78, 5) is 11.0. The molecular formula is C56H34N4O. The van der Waals surface area contributed by atoms with Crippen LogP contribution in [0.3, 0.4) is 0 Å². The Morgan fingerprint density at radius 2 is 0.885 bits per heavy atom. The maximum absolute atomic E-state index is 6.56. The van der Waals surface area contributed by atoms with E-state index in [1.807, 2.05) is 12.1 Å². The molecule has 0 saturated heterocycles. The highest BCUT2D eigenvalue weighted by molar-refractivity contribution is 6.30. The van der Waals surface area contributed by atoms with Gasteiger partial charge in [-0.3, -0.25) is 4.57 Å². The summed E-state index contributed by atoms with van der Waals surface area (Å²) in [6, 6.07) is 73.0. The van der Waals surface area contributed by atoms with E-state index in [9.17, 15) is 0 Å². The Bertz CT molecular complexity index is 3840. The van der Waals surface area contributed by atoms with E-state index in [0.29, 0.717) is 5.95 Å². The maximum Gasteiger partial charge on any atom is 0.235 e.